The summed E-state index contributed by atoms with van der Waals surface area (Å²) in [5, 5.41) is 2.62. The highest BCUT2D eigenvalue weighted by Crippen LogP contribution is 2.09. The molecule has 0 radical (unpaired) electrons. The molecular weight excluding hydrogens is 218 g/mol. The molecule has 0 unspecified atom stereocenters. The van der Waals surface area contributed by atoms with Gasteiger partial charge in [-0.05, 0) is 24.1 Å². The minimum absolute atomic E-state index is 0.390. The second kappa shape index (κ2) is 7.44. The molecule has 4 heteroatoms. The number of hydrogen-bond donors (Lipinski definition) is 1. The third-order valence-electron chi connectivity index (χ3n) is 2.25. The Labute approximate surface area is 101 Å². The van der Waals surface area contributed by atoms with Crippen LogP contribution in [-0.4, -0.2) is 19.0 Å². The molecular formula is C13H17NO3. The van der Waals surface area contributed by atoms with Crippen LogP contribution in [0.2, 0.25) is 0 Å². The standard InChI is InChI=1S/C13H17NO3/c1-2-3-10-17-13(16)14-12-6-4-11(5-7-12)8-9-15/h4-7,9H,2-3,8,10H2,1H3,(H,14,16). The average molecular weight is 235 g/mol. The third kappa shape index (κ3) is 5.15. The average Bonchev–Trinajstić information content (AvgIpc) is 2.32. The lowest BCUT2D eigenvalue weighted by atomic mass is 10.1. The fraction of sp³-hybridized carbons (Fsp3) is 0.385. The number of unbranched alkanes of at least 4 members (excludes halogenated alkanes) is 1. The van der Waals surface area contributed by atoms with Crippen LogP contribution in [0.15, 0.2) is 24.3 Å². The summed E-state index contributed by atoms with van der Waals surface area (Å²) >= 11 is 0. The van der Waals surface area contributed by atoms with Crippen molar-refractivity contribution in [1.82, 2.24) is 0 Å². The molecule has 0 atom stereocenters. The van der Waals surface area contributed by atoms with E-state index in [2.05, 4.69) is 5.32 Å². The molecule has 0 aliphatic rings. The van der Waals surface area contributed by atoms with Gasteiger partial charge in [-0.2, -0.15) is 0 Å². The second-order valence-corrected chi connectivity index (χ2v) is 3.68. The molecule has 0 bridgehead atoms. The van der Waals surface area contributed by atoms with Gasteiger partial charge in [0.05, 0.1) is 6.61 Å². The predicted molar refractivity (Wildman–Crippen MR) is 66.1 cm³/mol. The lowest BCUT2D eigenvalue weighted by molar-refractivity contribution is -0.107. The van der Waals surface area contributed by atoms with Crippen molar-refractivity contribution < 1.29 is 14.3 Å². The summed E-state index contributed by atoms with van der Waals surface area (Å²) in [5.74, 6) is 0. The van der Waals surface area contributed by atoms with E-state index in [1.54, 1.807) is 24.3 Å². The van der Waals surface area contributed by atoms with Crippen molar-refractivity contribution in [3.63, 3.8) is 0 Å². The highest BCUT2D eigenvalue weighted by Gasteiger charge is 2.02. The largest absolute Gasteiger partial charge is 0.449 e. The first kappa shape index (κ1) is 13.2. The molecule has 1 aromatic carbocycles. The van der Waals surface area contributed by atoms with E-state index in [0.717, 1.165) is 24.7 Å². The summed E-state index contributed by atoms with van der Waals surface area (Å²) in [6.07, 6.45) is 2.66. The summed E-state index contributed by atoms with van der Waals surface area (Å²) in [5.41, 5.74) is 1.59. The minimum Gasteiger partial charge on any atom is -0.449 e. The van der Waals surface area contributed by atoms with Gasteiger partial charge < -0.3 is 9.53 Å². The van der Waals surface area contributed by atoms with Crippen molar-refractivity contribution in [3.8, 4) is 0 Å². The van der Waals surface area contributed by atoms with Crippen molar-refractivity contribution in [3.05, 3.63) is 29.8 Å². The Morgan fingerprint density at radius 3 is 2.65 bits per heavy atom. The third-order valence-corrected chi connectivity index (χ3v) is 2.25. The van der Waals surface area contributed by atoms with Crippen LogP contribution in [0.25, 0.3) is 0 Å². The number of carbonyl (C=O) groups is 2. The predicted octanol–water partition coefficient (Wildman–Crippen LogP) is 2.78. The Kier molecular flexibility index (Phi) is 5.79. The zero-order valence-electron chi connectivity index (χ0n) is 9.94. The molecule has 0 saturated carbocycles. The summed E-state index contributed by atoms with van der Waals surface area (Å²) in [6, 6.07) is 7.10. The number of aldehydes is 1. The smallest absolute Gasteiger partial charge is 0.411 e. The maximum atomic E-state index is 11.3. The van der Waals surface area contributed by atoms with Gasteiger partial charge in [0.1, 0.15) is 6.29 Å². The molecule has 1 aromatic rings. The van der Waals surface area contributed by atoms with Crippen LogP contribution in [0, 0.1) is 0 Å². The Bertz CT molecular complexity index is 359. The maximum absolute atomic E-state index is 11.3. The van der Waals surface area contributed by atoms with Gasteiger partial charge in [-0.3, -0.25) is 5.32 Å². The zero-order valence-corrected chi connectivity index (χ0v) is 9.94. The maximum Gasteiger partial charge on any atom is 0.411 e. The van der Waals surface area contributed by atoms with Crippen molar-refractivity contribution in [2.45, 2.75) is 26.2 Å². The molecule has 0 aliphatic heterocycles. The van der Waals surface area contributed by atoms with Gasteiger partial charge in [0.25, 0.3) is 0 Å². The zero-order chi connectivity index (χ0) is 12.5. The summed E-state index contributed by atoms with van der Waals surface area (Å²) in [6.45, 7) is 2.47. The molecule has 0 aliphatic carbocycles. The fourth-order valence-electron chi connectivity index (χ4n) is 1.28. The molecule has 0 spiro atoms. The number of carbonyl (C=O) groups excluding carboxylic acids is 2. The van der Waals surface area contributed by atoms with E-state index < -0.39 is 6.09 Å². The molecule has 1 amide bonds. The molecule has 0 fully saturated rings. The van der Waals surface area contributed by atoms with Gasteiger partial charge >= 0.3 is 6.09 Å². The highest BCUT2D eigenvalue weighted by atomic mass is 16.5. The van der Waals surface area contributed by atoms with Crippen LogP contribution in [0.5, 0.6) is 0 Å². The summed E-state index contributed by atoms with van der Waals surface area (Å²) < 4.78 is 4.96. The first-order valence-corrected chi connectivity index (χ1v) is 5.72. The van der Waals surface area contributed by atoms with Crippen molar-refractivity contribution in [2.24, 2.45) is 0 Å². The lowest BCUT2D eigenvalue weighted by Crippen LogP contribution is -2.14. The van der Waals surface area contributed by atoms with E-state index in [-0.39, 0.29) is 0 Å². The fourth-order valence-corrected chi connectivity index (χ4v) is 1.28. The minimum atomic E-state index is -0.443. The molecule has 4 nitrogen and oxygen atoms in total. The molecule has 17 heavy (non-hydrogen) atoms. The summed E-state index contributed by atoms with van der Waals surface area (Å²) in [4.78, 5) is 21.6. The van der Waals surface area contributed by atoms with Crippen LogP contribution in [0.1, 0.15) is 25.3 Å². The van der Waals surface area contributed by atoms with E-state index in [9.17, 15) is 9.59 Å². The van der Waals surface area contributed by atoms with Crippen LogP contribution < -0.4 is 5.32 Å². The van der Waals surface area contributed by atoms with Gasteiger partial charge in [-0.25, -0.2) is 4.79 Å². The number of benzene rings is 1. The van der Waals surface area contributed by atoms with Gasteiger partial charge in [-0.15, -0.1) is 0 Å². The Morgan fingerprint density at radius 2 is 2.06 bits per heavy atom. The Hall–Kier alpha value is -1.84. The van der Waals surface area contributed by atoms with E-state index >= 15 is 0 Å². The molecule has 0 heterocycles. The number of amides is 1. The van der Waals surface area contributed by atoms with Crippen LogP contribution >= 0.6 is 0 Å². The quantitative estimate of drug-likeness (QED) is 0.609. The molecule has 92 valence electrons. The van der Waals surface area contributed by atoms with Crippen LogP contribution in [0.4, 0.5) is 10.5 Å². The SMILES string of the molecule is CCCCOC(=O)Nc1ccc(CC=O)cc1. The Balaban J connectivity index is 2.40. The van der Waals surface area contributed by atoms with E-state index in [1.807, 2.05) is 6.92 Å². The van der Waals surface area contributed by atoms with Gasteiger partial charge in [0, 0.05) is 12.1 Å². The first-order chi connectivity index (χ1) is 8.26. The molecule has 1 N–H and O–H groups in total. The number of nitrogens with one attached hydrogen (secondary N) is 1. The van der Waals surface area contributed by atoms with E-state index in [1.165, 1.54) is 0 Å². The number of hydrogen-bond acceptors (Lipinski definition) is 3. The number of ether oxygens (including phenoxy) is 1. The summed E-state index contributed by atoms with van der Waals surface area (Å²) in [7, 11) is 0. The van der Waals surface area contributed by atoms with E-state index in [0.29, 0.717) is 18.7 Å². The van der Waals surface area contributed by atoms with Crippen LogP contribution in [0.3, 0.4) is 0 Å². The van der Waals surface area contributed by atoms with Gasteiger partial charge in [0.2, 0.25) is 0 Å². The number of rotatable bonds is 6. The number of anilines is 1. The second-order valence-electron chi connectivity index (χ2n) is 3.68. The van der Waals surface area contributed by atoms with Gasteiger partial charge in [0.15, 0.2) is 0 Å². The van der Waals surface area contributed by atoms with Crippen LogP contribution in [-0.2, 0) is 16.0 Å². The van der Waals surface area contributed by atoms with Gasteiger partial charge in [-0.1, -0.05) is 25.5 Å². The van der Waals surface area contributed by atoms with Crippen molar-refractivity contribution in [2.75, 3.05) is 11.9 Å². The topological polar surface area (TPSA) is 55.4 Å². The molecule has 1 rings (SSSR count). The Morgan fingerprint density at radius 1 is 1.35 bits per heavy atom. The highest BCUT2D eigenvalue weighted by molar-refractivity contribution is 5.84. The first-order valence-electron chi connectivity index (χ1n) is 5.72. The van der Waals surface area contributed by atoms with Crippen molar-refractivity contribution in [1.29, 1.82) is 0 Å². The van der Waals surface area contributed by atoms with Crippen molar-refractivity contribution >= 4 is 18.1 Å². The molecule has 0 aromatic heterocycles. The molecule has 0 saturated heterocycles. The van der Waals surface area contributed by atoms with E-state index in [4.69, 9.17) is 4.74 Å². The lowest BCUT2D eigenvalue weighted by Gasteiger charge is -2.06. The normalized spacial score (nSPS) is 9.71. The monoisotopic (exact) mass is 235 g/mol.